The van der Waals surface area contributed by atoms with E-state index in [1.54, 1.807) is 6.07 Å². The fraction of sp³-hybridized carbons (Fsp3) is 0.517. The number of thiazole rings is 1. The number of hydrogen-bond acceptors (Lipinski definition) is 9. The molecule has 5 aliphatic rings. The maximum Gasteiger partial charge on any atom is 0.261 e. The highest BCUT2D eigenvalue weighted by molar-refractivity contribution is 7.22. The van der Waals surface area contributed by atoms with Crippen LogP contribution in [0.3, 0.4) is 0 Å². The molecule has 2 amide bonds. The number of ether oxygens (including phenoxy) is 3. The molecule has 2 aliphatic heterocycles. The van der Waals surface area contributed by atoms with Gasteiger partial charge in [-0.25, -0.2) is 14.4 Å². The molecular formula is C29H32FN5O5S. The number of anilines is 2. The third-order valence-electron chi connectivity index (χ3n) is 9.24. The Bertz CT molecular complexity index is 1510. The van der Waals surface area contributed by atoms with Crippen molar-refractivity contribution in [3.63, 3.8) is 0 Å². The van der Waals surface area contributed by atoms with Gasteiger partial charge in [0.25, 0.3) is 11.8 Å². The van der Waals surface area contributed by atoms with Gasteiger partial charge in [-0.3, -0.25) is 9.59 Å². The van der Waals surface area contributed by atoms with Crippen LogP contribution in [-0.4, -0.2) is 72.5 Å². The van der Waals surface area contributed by atoms with Crippen molar-refractivity contribution in [2.45, 2.75) is 68.2 Å². The van der Waals surface area contributed by atoms with E-state index in [2.05, 4.69) is 20.5 Å². The predicted octanol–water partition coefficient (Wildman–Crippen LogP) is 4.48. The summed E-state index contributed by atoms with van der Waals surface area (Å²) in [5.41, 5.74) is -0.0390. The topological polar surface area (TPSA) is 115 Å². The van der Waals surface area contributed by atoms with E-state index < -0.39 is 17.1 Å². The number of nitrogens with zero attached hydrogens (tertiary/aromatic N) is 3. The third kappa shape index (κ3) is 4.47. The van der Waals surface area contributed by atoms with E-state index in [0.717, 1.165) is 11.6 Å². The Morgan fingerprint density at radius 2 is 1.80 bits per heavy atom. The summed E-state index contributed by atoms with van der Waals surface area (Å²) in [4.78, 5) is 38.9. The molecule has 4 bridgehead atoms. The van der Waals surface area contributed by atoms with Crippen molar-refractivity contribution in [1.82, 2.24) is 15.3 Å². The molecule has 3 aromatic rings. The maximum absolute atomic E-state index is 14.7. The first kappa shape index (κ1) is 26.4. The van der Waals surface area contributed by atoms with Crippen LogP contribution in [0.15, 0.2) is 24.4 Å². The number of nitrogens with one attached hydrogen (secondary N) is 2. The Kier molecular flexibility index (Phi) is 6.31. The van der Waals surface area contributed by atoms with Crippen LogP contribution in [0.1, 0.15) is 65.7 Å². The lowest BCUT2D eigenvalue weighted by molar-refractivity contribution is -0.00650. The van der Waals surface area contributed by atoms with Crippen molar-refractivity contribution in [2.24, 2.45) is 0 Å². The smallest absolute Gasteiger partial charge is 0.261 e. The van der Waals surface area contributed by atoms with E-state index in [1.165, 1.54) is 37.8 Å². The fourth-order valence-electron chi connectivity index (χ4n) is 6.76. The monoisotopic (exact) mass is 581 g/mol. The second kappa shape index (κ2) is 9.80. The van der Waals surface area contributed by atoms with Gasteiger partial charge >= 0.3 is 0 Å². The Morgan fingerprint density at radius 1 is 1.07 bits per heavy atom. The lowest BCUT2D eigenvalue weighted by atomic mass is 9.64. The number of pyridine rings is 1. The Balaban J connectivity index is 1.19. The largest absolute Gasteiger partial charge is 0.496 e. The molecular weight excluding hydrogens is 549 g/mol. The summed E-state index contributed by atoms with van der Waals surface area (Å²) in [6.07, 6.45) is 5.63. The number of carbonyl (C=O) groups is 2. The summed E-state index contributed by atoms with van der Waals surface area (Å²) in [6.45, 7) is 1.35. The molecule has 216 valence electrons. The SMILES string of the molecule is COc1cc(C(=O)NC23CCC(F)(CC2)CC3)c(NC(=O)c2c(OC)ccc3nc(N4C5COCC4C5)sc23)cn1. The van der Waals surface area contributed by atoms with Gasteiger partial charge in [-0.05, 0) is 57.1 Å². The van der Waals surface area contributed by atoms with Crippen LogP contribution in [-0.2, 0) is 4.74 Å². The number of morpholine rings is 1. The van der Waals surface area contributed by atoms with Crippen molar-refractivity contribution in [2.75, 3.05) is 37.7 Å². The molecule has 41 heavy (non-hydrogen) atoms. The molecule has 2 atom stereocenters. The molecule has 2 aromatic heterocycles. The van der Waals surface area contributed by atoms with Gasteiger partial charge in [0.15, 0.2) is 5.13 Å². The molecule has 5 fully saturated rings. The number of aromatic nitrogens is 2. The number of benzene rings is 1. The van der Waals surface area contributed by atoms with Crippen LogP contribution in [0, 0.1) is 0 Å². The average molecular weight is 582 g/mol. The van der Waals surface area contributed by atoms with E-state index in [1.807, 2.05) is 6.07 Å². The third-order valence-corrected chi connectivity index (χ3v) is 10.3. The van der Waals surface area contributed by atoms with Gasteiger partial charge in [-0.1, -0.05) is 11.3 Å². The Labute approximate surface area is 240 Å². The minimum absolute atomic E-state index is 0.228. The van der Waals surface area contributed by atoms with Gasteiger partial charge in [0.1, 0.15) is 17.0 Å². The van der Waals surface area contributed by atoms with Crippen LogP contribution in [0.5, 0.6) is 11.6 Å². The molecule has 8 rings (SSSR count). The van der Waals surface area contributed by atoms with Crippen LogP contribution >= 0.6 is 11.3 Å². The molecule has 2 unspecified atom stereocenters. The number of methoxy groups -OCH3 is 2. The van der Waals surface area contributed by atoms with Gasteiger partial charge in [-0.15, -0.1) is 0 Å². The summed E-state index contributed by atoms with van der Waals surface area (Å²) < 4.78 is 31.9. The Morgan fingerprint density at radius 3 is 2.46 bits per heavy atom. The Hall–Kier alpha value is -3.51. The number of fused-ring (bicyclic) bond motifs is 6. The zero-order valence-corrected chi connectivity index (χ0v) is 23.8. The van der Waals surface area contributed by atoms with Crippen molar-refractivity contribution in [3.8, 4) is 11.6 Å². The number of rotatable bonds is 7. The van der Waals surface area contributed by atoms with Crippen molar-refractivity contribution < 1.29 is 28.2 Å². The van der Waals surface area contributed by atoms with E-state index in [-0.39, 0.29) is 23.0 Å². The molecule has 4 heterocycles. The normalized spacial score (nSPS) is 28.2. The maximum atomic E-state index is 14.7. The number of alkyl halides is 1. The second-order valence-electron chi connectivity index (χ2n) is 11.6. The van der Waals surface area contributed by atoms with Crippen molar-refractivity contribution in [3.05, 3.63) is 35.5 Å². The number of halogens is 1. The zero-order valence-electron chi connectivity index (χ0n) is 23.0. The zero-order chi connectivity index (χ0) is 28.4. The first-order valence-corrected chi connectivity index (χ1v) is 14.8. The second-order valence-corrected chi connectivity index (χ2v) is 12.6. The number of amides is 2. The van der Waals surface area contributed by atoms with Gasteiger partial charge < -0.3 is 29.7 Å². The van der Waals surface area contributed by atoms with Gasteiger partial charge in [-0.2, -0.15) is 0 Å². The highest BCUT2D eigenvalue weighted by atomic mass is 32.1. The lowest BCUT2D eigenvalue weighted by Gasteiger charge is -2.52. The molecule has 2 saturated heterocycles. The molecule has 0 spiro atoms. The molecule has 10 nitrogen and oxygen atoms in total. The van der Waals surface area contributed by atoms with Crippen LogP contribution < -0.4 is 25.0 Å². The van der Waals surface area contributed by atoms with E-state index in [0.29, 0.717) is 85.4 Å². The van der Waals surface area contributed by atoms with E-state index >= 15 is 0 Å². The first-order chi connectivity index (χ1) is 19.8. The van der Waals surface area contributed by atoms with Crippen molar-refractivity contribution in [1.29, 1.82) is 0 Å². The predicted molar refractivity (Wildman–Crippen MR) is 152 cm³/mol. The molecule has 0 radical (unpaired) electrons. The van der Waals surface area contributed by atoms with Gasteiger partial charge in [0, 0.05) is 11.6 Å². The first-order valence-electron chi connectivity index (χ1n) is 14.0. The van der Waals surface area contributed by atoms with Crippen LogP contribution in [0.25, 0.3) is 10.2 Å². The summed E-state index contributed by atoms with van der Waals surface area (Å²) in [5, 5.41) is 6.93. The standard InChI is InChI=1S/C29H32FN5O5S/c1-38-21-4-3-19-24(41-27(33-19)35-16-11-17(35)15-40-14-16)23(21)26(37)32-20-13-31-22(39-2)12-18(20)25(36)34-29-8-5-28(30,6-9-29)7-10-29/h3-4,12-13,16-17H,5-11,14-15H2,1-2H3,(H,32,37)(H,34,36). The number of hydrogen-bond donors (Lipinski definition) is 2. The van der Waals surface area contributed by atoms with Crippen molar-refractivity contribution >= 4 is 44.2 Å². The molecule has 3 aliphatic carbocycles. The minimum Gasteiger partial charge on any atom is -0.496 e. The molecule has 3 saturated carbocycles. The van der Waals surface area contributed by atoms with Gasteiger partial charge in [0.05, 0.1) is 67.2 Å². The molecule has 1 aromatic carbocycles. The van der Waals surface area contributed by atoms with Crippen LogP contribution in [0.4, 0.5) is 15.2 Å². The summed E-state index contributed by atoms with van der Waals surface area (Å²) >= 11 is 1.45. The van der Waals surface area contributed by atoms with Crippen LogP contribution in [0.2, 0.25) is 0 Å². The highest BCUT2D eigenvalue weighted by Crippen LogP contribution is 2.49. The minimum atomic E-state index is -1.11. The highest BCUT2D eigenvalue weighted by Gasteiger charge is 2.50. The average Bonchev–Trinajstić information content (AvgIpc) is 3.40. The summed E-state index contributed by atoms with van der Waals surface area (Å²) in [5.74, 6) is -0.142. The van der Waals surface area contributed by atoms with E-state index in [9.17, 15) is 14.0 Å². The fourth-order valence-corrected chi connectivity index (χ4v) is 8.01. The molecule has 12 heteroatoms. The summed E-state index contributed by atoms with van der Waals surface area (Å²) in [7, 11) is 2.99. The number of carbonyl (C=O) groups excluding carboxylic acids is 2. The van der Waals surface area contributed by atoms with E-state index in [4.69, 9.17) is 19.2 Å². The quantitative estimate of drug-likeness (QED) is 0.420. The summed E-state index contributed by atoms with van der Waals surface area (Å²) in [6, 6.07) is 5.70. The van der Waals surface area contributed by atoms with Gasteiger partial charge in [0.2, 0.25) is 5.88 Å². The molecule has 2 N–H and O–H groups in total. The lowest BCUT2D eigenvalue weighted by Crippen LogP contribution is -2.64.